The second-order valence-corrected chi connectivity index (χ2v) is 5.14. The standard InChI is InChI=1S/C15H23NO/c1-2-13-8-5-11-16-15(13)14(17)10-9-12-6-3-4-7-12/h5,8,11-12,14,17H,2-4,6-7,9-10H2,1H3. The van der Waals surface area contributed by atoms with Crippen LogP contribution in [0, 0.1) is 5.92 Å². The SMILES string of the molecule is CCc1cccnc1C(O)CCC1CCCC1. The molecular weight excluding hydrogens is 210 g/mol. The minimum atomic E-state index is -0.369. The molecule has 1 aliphatic rings. The first-order valence-electron chi connectivity index (χ1n) is 6.93. The maximum absolute atomic E-state index is 10.2. The lowest BCUT2D eigenvalue weighted by Crippen LogP contribution is -2.06. The number of pyridine rings is 1. The molecular formula is C15H23NO. The van der Waals surface area contributed by atoms with Gasteiger partial charge in [-0.3, -0.25) is 4.98 Å². The van der Waals surface area contributed by atoms with Crippen LogP contribution in [0.4, 0.5) is 0 Å². The first kappa shape index (κ1) is 12.6. The van der Waals surface area contributed by atoms with E-state index in [1.807, 2.05) is 6.07 Å². The van der Waals surface area contributed by atoms with Gasteiger partial charge in [0.1, 0.15) is 0 Å². The van der Waals surface area contributed by atoms with E-state index in [4.69, 9.17) is 0 Å². The molecule has 94 valence electrons. The molecule has 2 rings (SSSR count). The fraction of sp³-hybridized carbons (Fsp3) is 0.667. The summed E-state index contributed by atoms with van der Waals surface area (Å²) in [5.74, 6) is 0.846. The van der Waals surface area contributed by atoms with Gasteiger partial charge in [0.25, 0.3) is 0 Å². The van der Waals surface area contributed by atoms with Crippen molar-refractivity contribution in [3.05, 3.63) is 29.6 Å². The Labute approximate surface area is 104 Å². The number of hydrogen-bond acceptors (Lipinski definition) is 2. The molecule has 1 saturated carbocycles. The number of aliphatic hydroxyl groups is 1. The maximum atomic E-state index is 10.2. The molecule has 0 aromatic carbocycles. The van der Waals surface area contributed by atoms with Crippen molar-refractivity contribution in [3.63, 3.8) is 0 Å². The number of hydrogen-bond donors (Lipinski definition) is 1. The second kappa shape index (κ2) is 6.15. The monoisotopic (exact) mass is 233 g/mol. The molecule has 0 amide bonds. The number of nitrogens with zero attached hydrogens (tertiary/aromatic N) is 1. The smallest absolute Gasteiger partial charge is 0.0962 e. The van der Waals surface area contributed by atoms with Gasteiger partial charge in [-0.15, -0.1) is 0 Å². The summed E-state index contributed by atoms with van der Waals surface area (Å²) in [6.45, 7) is 2.12. The van der Waals surface area contributed by atoms with Crippen LogP contribution in [-0.2, 0) is 6.42 Å². The first-order valence-corrected chi connectivity index (χ1v) is 6.93. The van der Waals surface area contributed by atoms with Crippen molar-refractivity contribution in [1.29, 1.82) is 0 Å². The van der Waals surface area contributed by atoms with Gasteiger partial charge in [-0.05, 0) is 36.8 Å². The zero-order chi connectivity index (χ0) is 12.1. The van der Waals surface area contributed by atoms with Crippen molar-refractivity contribution in [2.24, 2.45) is 5.92 Å². The Bertz CT molecular complexity index is 345. The summed E-state index contributed by atoms with van der Waals surface area (Å²) in [4.78, 5) is 4.34. The maximum Gasteiger partial charge on any atom is 0.0962 e. The molecule has 1 unspecified atom stereocenters. The van der Waals surface area contributed by atoms with Crippen molar-refractivity contribution in [2.75, 3.05) is 0 Å². The number of rotatable bonds is 5. The van der Waals surface area contributed by atoms with Gasteiger partial charge in [-0.2, -0.15) is 0 Å². The summed E-state index contributed by atoms with van der Waals surface area (Å²) < 4.78 is 0. The van der Waals surface area contributed by atoms with Crippen molar-refractivity contribution in [2.45, 2.75) is 58.0 Å². The third-order valence-electron chi connectivity index (χ3n) is 3.95. The molecule has 1 aromatic heterocycles. The van der Waals surface area contributed by atoms with E-state index < -0.39 is 0 Å². The van der Waals surface area contributed by atoms with Gasteiger partial charge in [-0.1, -0.05) is 38.7 Å². The molecule has 1 N–H and O–H groups in total. The van der Waals surface area contributed by atoms with Gasteiger partial charge >= 0.3 is 0 Å². The van der Waals surface area contributed by atoms with Crippen LogP contribution in [0.5, 0.6) is 0 Å². The highest BCUT2D eigenvalue weighted by Crippen LogP contribution is 2.31. The van der Waals surface area contributed by atoms with Crippen LogP contribution in [0.3, 0.4) is 0 Å². The lowest BCUT2D eigenvalue weighted by Gasteiger charge is -2.15. The van der Waals surface area contributed by atoms with Crippen LogP contribution in [0.1, 0.15) is 62.8 Å². The molecule has 1 aliphatic carbocycles. The third-order valence-corrected chi connectivity index (χ3v) is 3.95. The molecule has 1 fully saturated rings. The lowest BCUT2D eigenvalue weighted by molar-refractivity contribution is 0.151. The fourth-order valence-corrected chi connectivity index (χ4v) is 2.88. The molecule has 17 heavy (non-hydrogen) atoms. The van der Waals surface area contributed by atoms with Gasteiger partial charge in [0, 0.05) is 6.20 Å². The van der Waals surface area contributed by atoms with Gasteiger partial charge in [-0.25, -0.2) is 0 Å². The van der Waals surface area contributed by atoms with Crippen molar-refractivity contribution < 1.29 is 5.11 Å². The normalized spacial score (nSPS) is 18.5. The number of aliphatic hydroxyl groups excluding tert-OH is 1. The van der Waals surface area contributed by atoms with Crippen molar-refractivity contribution >= 4 is 0 Å². The highest BCUT2D eigenvalue weighted by atomic mass is 16.3. The van der Waals surface area contributed by atoms with Crippen molar-refractivity contribution in [1.82, 2.24) is 4.98 Å². The topological polar surface area (TPSA) is 33.1 Å². The predicted molar refractivity (Wildman–Crippen MR) is 69.8 cm³/mol. The summed E-state index contributed by atoms with van der Waals surface area (Å²) in [7, 11) is 0. The number of aryl methyl sites for hydroxylation is 1. The Morgan fingerprint density at radius 1 is 1.41 bits per heavy atom. The van der Waals surface area contributed by atoms with E-state index in [1.165, 1.54) is 31.2 Å². The van der Waals surface area contributed by atoms with E-state index in [-0.39, 0.29) is 6.10 Å². The molecule has 1 heterocycles. The molecule has 0 saturated heterocycles. The predicted octanol–water partition coefficient (Wildman–Crippen LogP) is 3.65. The van der Waals surface area contributed by atoms with Gasteiger partial charge in [0.15, 0.2) is 0 Å². The summed E-state index contributed by atoms with van der Waals surface area (Å²) in [6, 6.07) is 4.02. The zero-order valence-electron chi connectivity index (χ0n) is 10.7. The molecule has 1 aromatic rings. The summed E-state index contributed by atoms with van der Waals surface area (Å²) in [5.41, 5.74) is 2.08. The summed E-state index contributed by atoms with van der Waals surface area (Å²) >= 11 is 0. The second-order valence-electron chi connectivity index (χ2n) is 5.14. The average molecular weight is 233 g/mol. The quantitative estimate of drug-likeness (QED) is 0.842. The highest BCUT2D eigenvalue weighted by molar-refractivity contribution is 5.21. The average Bonchev–Trinajstić information content (AvgIpc) is 2.89. The molecule has 0 bridgehead atoms. The Morgan fingerprint density at radius 3 is 2.88 bits per heavy atom. The van der Waals surface area contributed by atoms with Crippen molar-refractivity contribution in [3.8, 4) is 0 Å². The minimum absolute atomic E-state index is 0.369. The van der Waals surface area contributed by atoms with Crippen LogP contribution in [0.15, 0.2) is 18.3 Å². The zero-order valence-corrected chi connectivity index (χ0v) is 10.7. The van der Waals surface area contributed by atoms with Gasteiger partial charge in [0.2, 0.25) is 0 Å². The fourth-order valence-electron chi connectivity index (χ4n) is 2.88. The Morgan fingerprint density at radius 2 is 2.18 bits per heavy atom. The Hall–Kier alpha value is -0.890. The van der Waals surface area contributed by atoms with Gasteiger partial charge in [0.05, 0.1) is 11.8 Å². The van der Waals surface area contributed by atoms with E-state index in [2.05, 4.69) is 18.0 Å². The van der Waals surface area contributed by atoms with E-state index in [9.17, 15) is 5.11 Å². The molecule has 2 nitrogen and oxygen atoms in total. The van der Waals surface area contributed by atoms with E-state index in [1.54, 1.807) is 6.20 Å². The third kappa shape index (κ3) is 3.29. The summed E-state index contributed by atoms with van der Waals surface area (Å²) in [5, 5.41) is 10.2. The lowest BCUT2D eigenvalue weighted by atomic mass is 9.96. The van der Waals surface area contributed by atoms with Crippen LogP contribution < -0.4 is 0 Å². The largest absolute Gasteiger partial charge is 0.387 e. The van der Waals surface area contributed by atoms with Crippen LogP contribution >= 0.6 is 0 Å². The highest BCUT2D eigenvalue weighted by Gasteiger charge is 2.18. The van der Waals surface area contributed by atoms with E-state index in [0.717, 1.165) is 30.9 Å². The molecule has 0 spiro atoms. The Balaban J connectivity index is 1.91. The molecule has 2 heteroatoms. The number of aromatic nitrogens is 1. The Kier molecular flexibility index (Phi) is 4.55. The van der Waals surface area contributed by atoms with Gasteiger partial charge < -0.3 is 5.11 Å². The first-order chi connectivity index (χ1) is 8.31. The molecule has 1 atom stereocenters. The van der Waals surface area contributed by atoms with E-state index in [0.29, 0.717) is 0 Å². The minimum Gasteiger partial charge on any atom is -0.387 e. The van der Waals surface area contributed by atoms with Crippen LogP contribution in [-0.4, -0.2) is 10.1 Å². The van der Waals surface area contributed by atoms with Crippen LogP contribution in [0.25, 0.3) is 0 Å². The molecule has 0 aliphatic heterocycles. The van der Waals surface area contributed by atoms with E-state index >= 15 is 0 Å². The molecule has 0 radical (unpaired) electrons. The van der Waals surface area contributed by atoms with Crippen LogP contribution in [0.2, 0.25) is 0 Å². The summed E-state index contributed by atoms with van der Waals surface area (Å²) in [6.07, 6.45) is 9.86.